The summed E-state index contributed by atoms with van der Waals surface area (Å²) in [5.41, 5.74) is 0.946. The fraction of sp³-hybridized carbons (Fsp3) is 0.263. The highest BCUT2D eigenvalue weighted by Gasteiger charge is 2.36. The van der Waals surface area contributed by atoms with E-state index < -0.39 is 23.6 Å². The first kappa shape index (κ1) is 17.3. The molecule has 2 aliphatic rings. The molecule has 1 unspecified atom stereocenters. The first-order chi connectivity index (χ1) is 13.0. The fourth-order valence-electron chi connectivity index (χ4n) is 3.24. The van der Waals surface area contributed by atoms with Crippen molar-refractivity contribution in [2.45, 2.75) is 25.4 Å². The molecule has 2 amide bonds. The van der Waals surface area contributed by atoms with Crippen LogP contribution in [0.1, 0.15) is 18.4 Å². The maximum Gasteiger partial charge on any atom is 0.247 e. The Bertz CT molecular complexity index is 919. The third-order valence-corrected chi connectivity index (χ3v) is 4.61. The number of nitrogens with one attached hydrogen (secondary N) is 1. The summed E-state index contributed by atoms with van der Waals surface area (Å²) >= 11 is 0. The minimum absolute atomic E-state index is 0.140. The van der Waals surface area contributed by atoms with Crippen molar-refractivity contribution in [1.82, 2.24) is 4.90 Å². The van der Waals surface area contributed by atoms with Gasteiger partial charge in [0.05, 0.1) is 0 Å². The zero-order chi connectivity index (χ0) is 19.0. The van der Waals surface area contributed by atoms with Gasteiger partial charge in [0.1, 0.15) is 6.04 Å². The van der Waals surface area contributed by atoms with Gasteiger partial charge >= 0.3 is 0 Å². The monoisotopic (exact) mass is 374 g/mol. The number of carbonyl (C=O) groups is 2. The van der Waals surface area contributed by atoms with Gasteiger partial charge < -0.3 is 19.7 Å². The topological polar surface area (TPSA) is 67.9 Å². The van der Waals surface area contributed by atoms with E-state index in [1.54, 1.807) is 12.1 Å². The van der Waals surface area contributed by atoms with Crippen LogP contribution < -0.4 is 14.8 Å². The number of hydrogen-bond acceptors (Lipinski definition) is 4. The molecule has 2 aromatic rings. The van der Waals surface area contributed by atoms with Gasteiger partial charge in [-0.15, -0.1) is 0 Å². The SMILES string of the molecule is O=C(Nc1ccc(F)c(F)c1)C1CCC(=O)N1Cc1ccc2c(c1)OCO2. The molecule has 6 nitrogen and oxygen atoms in total. The second-order valence-electron chi connectivity index (χ2n) is 6.38. The lowest BCUT2D eigenvalue weighted by atomic mass is 10.1. The van der Waals surface area contributed by atoms with Gasteiger partial charge in [0.15, 0.2) is 23.1 Å². The summed E-state index contributed by atoms with van der Waals surface area (Å²) < 4.78 is 37.0. The van der Waals surface area contributed by atoms with Crippen molar-refractivity contribution in [1.29, 1.82) is 0 Å². The Hall–Kier alpha value is -3.16. The summed E-state index contributed by atoms with van der Waals surface area (Å²) in [7, 11) is 0. The molecule has 1 fully saturated rings. The van der Waals surface area contributed by atoms with Crippen LogP contribution in [0.4, 0.5) is 14.5 Å². The predicted molar refractivity (Wildman–Crippen MR) is 91.1 cm³/mol. The lowest BCUT2D eigenvalue weighted by Crippen LogP contribution is -2.41. The molecule has 1 atom stereocenters. The van der Waals surface area contributed by atoms with Crippen molar-refractivity contribution >= 4 is 17.5 Å². The van der Waals surface area contributed by atoms with Gasteiger partial charge in [-0.05, 0) is 36.2 Å². The molecular weight excluding hydrogens is 358 g/mol. The average molecular weight is 374 g/mol. The Morgan fingerprint density at radius 1 is 1.11 bits per heavy atom. The molecule has 140 valence electrons. The molecule has 27 heavy (non-hydrogen) atoms. The van der Waals surface area contributed by atoms with Crippen LogP contribution in [0, 0.1) is 11.6 Å². The Kier molecular flexibility index (Phi) is 4.39. The lowest BCUT2D eigenvalue weighted by Gasteiger charge is -2.24. The Morgan fingerprint density at radius 3 is 2.74 bits per heavy atom. The number of hydrogen-bond donors (Lipinski definition) is 1. The van der Waals surface area contributed by atoms with Crippen LogP contribution >= 0.6 is 0 Å². The minimum atomic E-state index is -1.05. The highest BCUT2D eigenvalue weighted by molar-refractivity contribution is 5.99. The van der Waals surface area contributed by atoms with Gasteiger partial charge in [-0.1, -0.05) is 6.07 Å². The Labute approximate surface area is 153 Å². The smallest absolute Gasteiger partial charge is 0.247 e. The molecule has 2 aromatic carbocycles. The molecule has 0 radical (unpaired) electrons. The summed E-state index contributed by atoms with van der Waals surface area (Å²) in [6, 6.07) is 7.78. The van der Waals surface area contributed by atoms with Crippen LogP contribution in [0.5, 0.6) is 11.5 Å². The van der Waals surface area contributed by atoms with Crippen LogP contribution in [0.25, 0.3) is 0 Å². The zero-order valence-electron chi connectivity index (χ0n) is 14.2. The largest absolute Gasteiger partial charge is 0.454 e. The van der Waals surface area contributed by atoms with E-state index in [9.17, 15) is 18.4 Å². The van der Waals surface area contributed by atoms with Crippen LogP contribution in [0.15, 0.2) is 36.4 Å². The van der Waals surface area contributed by atoms with Crippen LogP contribution in [0.2, 0.25) is 0 Å². The van der Waals surface area contributed by atoms with Crippen molar-refractivity contribution in [3.63, 3.8) is 0 Å². The van der Waals surface area contributed by atoms with E-state index in [4.69, 9.17) is 9.47 Å². The first-order valence-electron chi connectivity index (χ1n) is 8.45. The molecule has 0 aliphatic carbocycles. The third-order valence-electron chi connectivity index (χ3n) is 4.61. The lowest BCUT2D eigenvalue weighted by molar-refractivity contribution is -0.133. The van der Waals surface area contributed by atoms with Crippen molar-refractivity contribution < 1.29 is 27.8 Å². The number of fused-ring (bicyclic) bond motifs is 1. The summed E-state index contributed by atoms with van der Waals surface area (Å²) in [5.74, 6) is -1.38. The number of anilines is 1. The summed E-state index contributed by atoms with van der Waals surface area (Å²) in [5, 5.41) is 2.55. The minimum Gasteiger partial charge on any atom is -0.454 e. The summed E-state index contributed by atoms with van der Waals surface area (Å²) in [4.78, 5) is 26.3. The highest BCUT2D eigenvalue weighted by Crippen LogP contribution is 2.33. The van der Waals surface area contributed by atoms with Gasteiger partial charge in [0.2, 0.25) is 18.6 Å². The average Bonchev–Trinajstić information content (AvgIpc) is 3.25. The molecule has 0 saturated carbocycles. The molecule has 1 saturated heterocycles. The fourth-order valence-corrected chi connectivity index (χ4v) is 3.24. The van der Waals surface area contributed by atoms with E-state index in [0.29, 0.717) is 17.9 Å². The molecule has 8 heteroatoms. The third kappa shape index (κ3) is 3.42. The van der Waals surface area contributed by atoms with Gasteiger partial charge in [-0.25, -0.2) is 8.78 Å². The number of nitrogens with zero attached hydrogens (tertiary/aromatic N) is 1. The second kappa shape index (κ2) is 6.86. The van der Waals surface area contributed by atoms with Crippen molar-refractivity contribution in [3.05, 3.63) is 53.6 Å². The summed E-state index contributed by atoms with van der Waals surface area (Å²) in [6.45, 7) is 0.395. The van der Waals surface area contributed by atoms with Gasteiger partial charge in [0, 0.05) is 24.7 Å². The summed E-state index contributed by atoms with van der Waals surface area (Å²) in [6.07, 6.45) is 0.610. The van der Waals surface area contributed by atoms with E-state index >= 15 is 0 Å². The second-order valence-corrected chi connectivity index (χ2v) is 6.38. The van der Waals surface area contributed by atoms with Crippen molar-refractivity contribution in [2.75, 3.05) is 12.1 Å². The maximum absolute atomic E-state index is 13.3. The normalized spacial score (nSPS) is 18.1. The van der Waals surface area contributed by atoms with Gasteiger partial charge in [-0.2, -0.15) is 0 Å². The molecule has 0 bridgehead atoms. The van der Waals surface area contributed by atoms with E-state index in [1.807, 2.05) is 6.07 Å². The standard InChI is InChI=1S/C19H16F2N2O4/c20-13-3-2-12(8-14(13)21)22-19(25)15-4-6-18(24)23(15)9-11-1-5-16-17(7-11)27-10-26-16/h1-3,5,7-8,15H,4,6,9-10H2,(H,22,25). The molecule has 2 heterocycles. The van der Waals surface area contributed by atoms with Crippen molar-refractivity contribution in [2.24, 2.45) is 0 Å². The number of likely N-dealkylation sites (tertiary alicyclic amines) is 1. The van der Waals surface area contributed by atoms with Crippen LogP contribution in [-0.2, 0) is 16.1 Å². The van der Waals surface area contributed by atoms with E-state index in [2.05, 4.69) is 5.32 Å². The highest BCUT2D eigenvalue weighted by atomic mass is 19.2. The van der Waals surface area contributed by atoms with E-state index in [0.717, 1.165) is 17.7 Å². The molecule has 4 rings (SSSR count). The quantitative estimate of drug-likeness (QED) is 0.894. The molecule has 0 aromatic heterocycles. The van der Waals surface area contributed by atoms with E-state index in [1.165, 1.54) is 11.0 Å². The van der Waals surface area contributed by atoms with Crippen LogP contribution in [0.3, 0.4) is 0 Å². The number of ether oxygens (including phenoxy) is 2. The number of rotatable bonds is 4. The van der Waals surface area contributed by atoms with E-state index in [-0.39, 0.29) is 31.4 Å². The number of carbonyl (C=O) groups excluding carboxylic acids is 2. The first-order valence-corrected chi connectivity index (χ1v) is 8.45. The van der Waals surface area contributed by atoms with Gasteiger partial charge in [0.25, 0.3) is 0 Å². The van der Waals surface area contributed by atoms with Crippen molar-refractivity contribution in [3.8, 4) is 11.5 Å². The van der Waals surface area contributed by atoms with Crippen LogP contribution in [-0.4, -0.2) is 29.5 Å². The molecule has 2 aliphatic heterocycles. The Balaban J connectivity index is 1.49. The van der Waals surface area contributed by atoms with Gasteiger partial charge in [-0.3, -0.25) is 9.59 Å². The number of halogens is 2. The number of amides is 2. The molecule has 1 N–H and O–H groups in total. The Morgan fingerprint density at radius 2 is 1.93 bits per heavy atom. The molecule has 0 spiro atoms. The predicted octanol–water partition coefficient (Wildman–Crippen LogP) is 2.82. The molecular formula is C19H16F2N2O4. The zero-order valence-corrected chi connectivity index (χ0v) is 14.2. The maximum atomic E-state index is 13.3. The number of benzene rings is 2.